The van der Waals surface area contributed by atoms with Crippen molar-refractivity contribution in [3.63, 3.8) is 0 Å². The minimum Gasteiger partial charge on any atom is -0.480 e. The number of hydrogen-bond donors (Lipinski definition) is 3. The summed E-state index contributed by atoms with van der Waals surface area (Å²) < 4.78 is 0. The van der Waals surface area contributed by atoms with Gasteiger partial charge in [-0.15, -0.1) is 0 Å². The third kappa shape index (κ3) is 2.30. The topological polar surface area (TPSA) is 95.1 Å². The van der Waals surface area contributed by atoms with Gasteiger partial charge in [0.15, 0.2) is 0 Å². The van der Waals surface area contributed by atoms with E-state index in [0.717, 1.165) is 0 Å². The highest BCUT2D eigenvalue weighted by Gasteiger charge is 2.68. The Morgan fingerprint density at radius 3 is 2.40 bits per heavy atom. The van der Waals surface area contributed by atoms with Crippen LogP contribution in [0.4, 0.5) is 0 Å². The number of nitrogens with one attached hydrogen (secondary N) is 2. The summed E-state index contributed by atoms with van der Waals surface area (Å²) in [6.45, 7) is 8.12. The fourth-order valence-corrected chi connectivity index (χ4v) is 2.92. The Morgan fingerprint density at radius 1 is 1.40 bits per heavy atom. The van der Waals surface area contributed by atoms with Crippen LogP contribution in [0.2, 0.25) is 0 Å². The van der Waals surface area contributed by atoms with E-state index in [2.05, 4.69) is 15.3 Å². The van der Waals surface area contributed by atoms with Crippen molar-refractivity contribution in [3.8, 4) is 0 Å². The van der Waals surface area contributed by atoms with Gasteiger partial charge in [-0.25, -0.2) is 9.78 Å². The number of rotatable bonds is 5. The molecule has 1 aromatic heterocycles. The zero-order valence-corrected chi connectivity index (χ0v) is 12.2. The van der Waals surface area contributed by atoms with E-state index in [1.54, 1.807) is 6.20 Å². The molecule has 2 rings (SSSR count). The van der Waals surface area contributed by atoms with Crippen molar-refractivity contribution in [2.24, 2.45) is 16.7 Å². The lowest BCUT2D eigenvalue weighted by Gasteiger charge is -2.14. The van der Waals surface area contributed by atoms with Crippen LogP contribution in [0.1, 0.15) is 33.4 Å². The highest BCUT2D eigenvalue weighted by molar-refractivity contribution is 5.88. The van der Waals surface area contributed by atoms with Gasteiger partial charge in [-0.3, -0.25) is 4.79 Å². The number of nitrogens with zero attached hydrogens (tertiary/aromatic N) is 1. The third-order valence-electron chi connectivity index (χ3n) is 4.88. The van der Waals surface area contributed by atoms with Crippen LogP contribution in [-0.4, -0.2) is 33.0 Å². The molecule has 1 aromatic rings. The molecule has 0 aliphatic heterocycles. The predicted molar refractivity (Wildman–Crippen MR) is 72.9 cm³/mol. The largest absolute Gasteiger partial charge is 0.480 e. The second-order valence-corrected chi connectivity index (χ2v) is 6.56. The Balaban J connectivity index is 2.03. The van der Waals surface area contributed by atoms with Gasteiger partial charge in [-0.05, 0) is 10.8 Å². The molecule has 1 fully saturated rings. The molecule has 1 amide bonds. The highest BCUT2D eigenvalue weighted by Crippen LogP contribution is 2.68. The molecule has 1 atom stereocenters. The number of amides is 1. The fourth-order valence-electron chi connectivity index (χ4n) is 2.92. The second kappa shape index (κ2) is 4.61. The van der Waals surface area contributed by atoms with Crippen molar-refractivity contribution in [1.29, 1.82) is 0 Å². The van der Waals surface area contributed by atoms with Crippen LogP contribution in [0.25, 0.3) is 0 Å². The Bertz CT molecular complexity index is 506. The number of imidazole rings is 1. The molecule has 0 saturated heterocycles. The van der Waals surface area contributed by atoms with Crippen molar-refractivity contribution < 1.29 is 14.7 Å². The van der Waals surface area contributed by atoms with Crippen LogP contribution >= 0.6 is 0 Å². The van der Waals surface area contributed by atoms with E-state index in [9.17, 15) is 14.7 Å². The van der Waals surface area contributed by atoms with E-state index in [1.165, 1.54) is 6.33 Å². The third-order valence-corrected chi connectivity index (χ3v) is 4.88. The number of aliphatic carboxylic acids is 1. The van der Waals surface area contributed by atoms with Gasteiger partial charge in [0.2, 0.25) is 5.91 Å². The molecule has 0 unspecified atom stereocenters. The molecule has 1 saturated carbocycles. The quantitative estimate of drug-likeness (QED) is 0.754. The van der Waals surface area contributed by atoms with Gasteiger partial charge >= 0.3 is 5.97 Å². The van der Waals surface area contributed by atoms with Crippen LogP contribution in [0.15, 0.2) is 12.5 Å². The SMILES string of the molecule is CC1(C)C(C(=O)N[C@H](Cc2cnc[nH]2)C(=O)O)C1(C)C. The maximum Gasteiger partial charge on any atom is 0.326 e. The van der Waals surface area contributed by atoms with Crippen molar-refractivity contribution in [2.75, 3.05) is 0 Å². The summed E-state index contributed by atoms with van der Waals surface area (Å²) in [4.78, 5) is 30.3. The van der Waals surface area contributed by atoms with Gasteiger partial charge in [0.05, 0.1) is 6.33 Å². The first-order chi connectivity index (χ1) is 9.18. The summed E-state index contributed by atoms with van der Waals surface area (Å²) in [5.74, 6) is -1.38. The van der Waals surface area contributed by atoms with Gasteiger partial charge in [0.25, 0.3) is 0 Å². The van der Waals surface area contributed by atoms with Gasteiger partial charge < -0.3 is 15.4 Å². The van der Waals surface area contributed by atoms with Crippen molar-refractivity contribution in [1.82, 2.24) is 15.3 Å². The maximum atomic E-state index is 12.3. The van der Waals surface area contributed by atoms with E-state index in [4.69, 9.17) is 0 Å². The van der Waals surface area contributed by atoms with Crippen LogP contribution in [0, 0.1) is 16.7 Å². The molecule has 1 aliphatic rings. The van der Waals surface area contributed by atoms with E-state index in [-0.39, 0.29) is 29.1 Å². The molecule has 0 bridgehead atoms. The van der Waals surface area contributed by atoms with E-state index in [0.29, 0.717) is 5.69 Å². The summed E-state index contributed by atoms with van der Waals surface area (Å²) in [5.41, 5.74) is 0.481. The zero-order valence-electron chi connectivity index (χ0n) is 12.2. The number of H-pyrrole nitrogens is 1. The number of carboxylic acid groups (broad SMARTS) is 1. The minimum absolute atomic E-state index is 0.103. The number of aromatic nitrogens is 2. The molecule has 6 heteroatoms. The standard InChI is InChI=1S/C14H21N3O3/c1-13(2)10(14(13,3)4)11(18)17-9(12(19)20)5-8-6-15-7-16-8/h6-7,9-10H,5H2,1-4H3,(H,15,16)(H,17,18)(H,19,20)/t9-/m1/s1. The van der Waals surface area contributed by atoms with Crippen molar-refractivity contribution in [2.45, 2.75) is 40.2 Å². The lowest BCUT2D eigenvalue weighted by molar-refractivity contribution is -0.142. The average Bonchev–Trinajstić information content (AvgIpc) is 2.72. The summed E-state index contributed by atoms with van der Waals surface area (Å²) in [7, 11) is 0. The molecule has 0 aromatic carbocycles. The Labute approximate surface area is 118 Å². The normalized spacial score (nSPS) is 21.2. The zero-order chi connectivity index (χ0) is 15.1. The molecule has 110 valence electrons. The Kier molecular flexibility index (Phi) is 3.36. The first-order valence-electron chi connectivity index (χ1n) is 6.68. The lowest BCUT2D eigenvalue weighted by atomic mass is 10.0. The lowest BCUT2D eigenvalue weighted by Crippen LogP contribution is -2.43. The Hall–Kier alpha value is -1.85. The summed E-state index contributed by atoms with van der Waals surface area (Å²) in [6, 6.07) is -0.935. The Morgan fingerprint density at radius 2 is 2.00 bits per heavy atom. The highest BCUT2D eigenvalue weighted by atomic mass is 16.4. The fraction of sp³-hybridized carbons (Fsp3) is 0.643. The molecular formula is C14H21N3O3. The van der Waals surface area contributed by atoms with Crippen LogP contribution in [-0.2, 0) is 16.0 Å². The molecule has 1 aliphatic carbocycles. The number of carboxylic acids is 1. The van der Waals surface area contributed by atoms with Crippen LogP contribution in [0.3, 0.4) is 0 Å². The van der Waals surface area contributed by atoms with E-state index < -0.39 is 12.0 Å². The number of aromatic amines is 1. The number of carbonyl (C=O) groups excluding carboxylic acids is 1. The van der Waals surface area contributed by atoms with Crippen molar-refractivity contribution >= 4 is 11.9 Å². The molecule has 6 nitrogen and oxygen atoms in total. The monoisotopic (exact) mass is 279 g/mol. The molecule has 0 radical (unpaired) electrons. The average molecular weight is 279 g/mol. The maximum absolute atomic E-state index is 12.3. The van der Waals surface area contributed by atoms with E-state index >= 15 is 0 Å². The van der Waals surface area contributed by atoms with Crippen molar-refractivity contribution in [3.05, 3.63) is 18.2 Å². The minimum atomic E-state index is -1.04. The predicted octanol–water partition coefficient (Wildman–Crippen LogP) is 1.20. The first kappa shape index (κ1) is 14.6. The molecule has 3 N–H and O–H groups in total. The molecule has 1 heterocycles. The van der Waals surface area contributed by atoms with Crippen LogP contribution in [0.5, 0.6) is 0 Å². The first-order valence-corrected chi connectivity index (χ1v) is 6.68. The summed E-state index contributed by atoms with van der Waals surface area (Å²) in [6.07, 6.45) is 3.25. The molecular weight excluding hydrogens is 258 g/mol. The van der Waals surface area contributed by atoms with Gasteiger partial charge in [-0.2, -0.15) is 0 Å². The number of hydrogen-bond acceptors (Lipinski definition) is 3. The molecule has 20 heavy (non-hydrogen) atoms. The van der Waals surface area contributed by atoms with Gasteiger partial charge in [0, 0.05) is 24.2 Å². The number of carbonyl (C=O) groups is 2. The smallest absolute Gasteiger partial charge is 0.326 e. The summed E-state index contributed by atoms with van der Waals surface area (Å²) >= 11 is 0. The van der Waals surface area contributed by atoms with E-state index in [1.807, 2.05) is 27.7 Å². The molecule has 0 spiro atoms. The van der Waals surface area contributed by atoms with Crippen LogP contribution < -0.4 is 5.32 Å². The van der Waals surface area contributed by atoms with Gasteiger partial charge in [-0.1, -0.05) is 27.7 Å². The summed E-state index contributed by atoms with van der Waals surface area (Å²) in [5, 5.41) is 11.9. The second-order valence-electron chi connectivity index (χ2n) is 6.56. The van der Waals surface area contributed by atoms with Gasteiger partial charge in [0.1, 0.15) is 6.04 Å².